The molecule has 0 aromatic heterocycles. The van der Waals surface area contributed by atoms with E-state index in [0.29, 0.717) is 17.7 Å². The third kappa shape index (κ3) is 5.09. The maximum Gasteiger partial charge on any atom is 0.326 e. The molecule has 3 N–H and O–H groups in total. The van der Waals surface area contributed by atoms with E-state index in [4.69, 9.17) is 0 Å². The Morgan fingerprint density at radius 1 is 1.26 bits per heavy atom. The highest BCUT2D eigenvalue weighted by atomic mass is 16.4. The minimum absolute atomic E-state index is 0.0363. The van der Waals surface area contributed by atoms with Crippen molar-refractivity contribution < 1.29 is 19.5 Å². The quantitative estimate of drug-likeness (QED) is 0.718. The van der Waals surface area contributed by atoms with Gasteiger partial charge in [-0.15, -0.1) is 0 Å². The van der Waals surface area contributed by atoms with E-state index in [-0.39, 0.29) is 17.7 Å². The van der Waals surface area contributed by atoms with Gasteiger partial charge in [0.1, 0.15) is 6.04 Å². The summed E-state index contributed by atoms with van der Waals surface area (Å²) < 4.78 is 0. The minimum atomic E-state index is -1.05. The van der Waals surface area contributed by atoms with Crippen molar-refractivity contribution in [3.8, 4) is 0 Å². The van der Waals surface area contributed by atoms with Crippen LogP contribution in [0.15, 0.2) is 24.3 Å². The number of anilines is 1. The van der Waals surface area contributed by atoms with Gasteiger partial charge in [-0.2, -0.15) is 0 Å². The summed E-state index contributed by atoms with van der Waals surface area (Å²) in [7, 11) is 0. The summed E-state index contributed by atoms with van der Waals surface area (Å²) >= 11 is 0. The van der Waals surface area contributed by atoms with Gasteiger partial charge in [-0.05, 0) is 43.4 Å². The molecule has 6 nitrogen and oxygen atoms in total. The van der Waals surface area contributed by atoms with Gasteiger partial charge in [-0.3, -0.25) is 9.59 Å². The van der Waals surface area contributed by atoms with Crippen molar-refractivity contribution in [1.82, 2.24) is 5.32 Å². The van der Waals surface area contributed by atoms with Crippen LogP contribution < -0.4 is 10.6 Å². The Morgan fingerprint density at radius 2 is 1.96 bits per heavy atom. The second kappa shape index (κ2) is 7.26. The summed E-state index contributed by atoms with van der Waals surface area (Å²) in [5.74, 6) is -1.31. The molecule has 1 aliphatic carbocycles. The highest BCUT2D eigenvalue weighted by Gasteiger charge is 2.29. The number of carbonyl (C=O) groups excluding carboxylic acids is 2. The highest BCUT2D eigenvalue weighted by molar-refractivity contribution is 5.99. The molecule has 0 aliphatic heterocycles. The summed E-state index contributed by atoms with van der Waals surface area (Å²) in [6.45, 7) is 3.80. The SMILES string of the molecule is CC(C)C[C@@H](NC(=O)c1cccc(NC(=O)C2CC2)c1)C(=O)O. The van der Waals surface area contributed by atoms with Crippen LogP contribution in [0.5, 0.6) is 0 Å². The molecule has 1 saturated carbocycles. The molecule has 1 atom stereocenters. The van der Waals surface area contributed by atoms with Gasteiger partial charge in [0.05, 0.1) is 0 Å². The number of hydrogen-bond acceptors (Lipinski definition) is 3. The first-order valence-corrected chi connectivity index (χ1v) is 7.81. The van der Waals surface area contributed by atoms with E-state index in [2.05, 4.69) is 10.6 Å². The molecule has 1 fully saturated rings. The van der Waals surface area contributed by atoms with Crippen molar-refractivity contribution >= 4 is 23.5 Å². The Bertz CT molecular complexity index is 608. The van der Waals surface area contributed by atoms with Crippen LogP contribution in [-0.4, -0.2) is 28.9 Å². The predicted octanol–water partition coefficient (Wildman–Crippen LogP) is 2.26. The summed E-state index contributed by atoms with van der Waals surface area (Å²) in [4.78, 5) is 35.2. The van der Waals surface area contributed by atoms with Gasteiger partial charge in [0.25, 0.3) is 5.91 Å². The maximum absolute atomic E-state index is 12.2. The fourth-order valence-electron chi connectivity index (χ4n) is 2.26. The lowest BCUT2D eigenvalue weighted by molar-refractivity contribution is -0.139. The molecule has 0 spiro atoms. The molecule has 0 bridgehead atoms. The number of rotatable bonds is 7. The van der Waals surface area contributed by atoms with Crippen molar-refractivity contribution in [3.05, 3.63) is 29.8 Å². The summed E-state index contributed by atoms with van der Waals surface area (Å²) in [6.07, 6.45) is 2.17. The molecule has 1 aliphatic rings. The first-order chi connectivity index (χ1) is 10.9. The number of hydrogen-bond donors (Lipinski definition) is 3. The molecular formula is C17H22N2O4. The molecule has 0 radical (unpaired) electrons. The van der Waals surface area contributed by atoms with Gasteiger partial charge < -0.3 is 15.7 Å². The van der Waals surface area contributed by atoms with E-state index in [9.17, 15) is 19.5 Å². The zero-order valence-electron chi connectivity index (χ0n) is 13.3. The Labute approximate surface area is 135 Å². The topological polar surface area (TPSA) is 95.5 Å². The maximum atomic E-state index is 12.2. The van der Waals surface area contributed by atoms with Crippen LogP contribution in [0.25, 0.3) is 0 Å². The lowest BCUT2D eigenvalue weighted by Crippen LogP contribution is -2.41. The Kier molecular flexibility index (Phi) is 5.36. The lowest BCUT2D eigenvalue weighted by Gasteiger charge is -2.16. The second-order valence-corrected chi connectivity index (χ2v) is 6.34. The number of carbonyl (C=O) groups is 3. The fourth-order valence-corrected chi connectivity index (χ4v) is 2.26. The number of carboxylic acid groups (broad SMARTS) is 1. The Morgan fingerprint density at radius 3 is 2.52 bits per heavy atom. The average molecular weight is 318 g/mol. The molecule has 6 heteroatoms. The van der Waals surface area contributed by atoms with Crippen LogP contribution in [0.3, 0.4) is 0 Å². The summed E-state index contributed by atoms with van der Waals surface area (Å²) in [6, 6.07) is 5.60. The molecular weight excluding hydrogens is 296 g/mol. The Hall–Kier alpha value is -2.37. The molecule has 0 unspecified atom stereocenters. The molecule has 124 valence electrons. The third-order valence-corrected chi connectivity index (χ3v) is 3.65. The van der Waals surface area contributed by atoms with E-state index < -0.39 is 17.9 Å². The highest BCUT2D eigenvalue weighted by Crippen LogP contribution is 2.30. The third-order valence-electron chi connectivity index (χ3n) is 3.65. The van der Waals surface area contributed by atoms with Crippen LogP contribution in [-0.2, 0) is 9.59 Å². The van der Waals surface area contributed by atoms with Crippen LogP contribution in [0.4, 0.5) is 5.69 Å². The normalized spacial score (nSPS) is 15.1. The predicted molar refractivity (Wildman–Crippen MR) is 86.1 cm³/mol. The van der Waals surface area contributed by atoms with Gasteiger partial charge in [-0.25, -0.2) is 4.79 Å². The van der Waals surface area contributed by atoms with E-state index in [1.165, 1.54) is 0 Å². The average Bonchev–Trinajstić information content (AvgIpc) is 3.30. The van der Waals surface area contributed by atoms with E-state index in [1.54, 1.807) is 24.3 Å². The van der Waals surface area contributed by atoms with Crippen molar-refractivity contribution in [3.63, 3.8) is 0 Å². The van der Waals surface area contributed by atoms with Gasteiger partial charge >= 0.3 is 5.97 Å². The minimum Gasteiger partial charge on any atom is -0.480 e. The first-order valence-electron chi connectivity index (χ1n) is 7.81. The number of carboxylic acids is 1. The number of aliphatic carboxylic acids is 1. The zero-order valence-corrected chi connectivity index (χ0v) is 13.3. The zero-order chi connectivity index (χ0) is 17.0. The molecule has 2 rings (SSSR count). The molecule has 1 aromatic rings. The molecule has 0 saturated heterocycles. The van der Waals surface area contributed by atoms with Gasteiger partial charge in [0.2, 0.25) is 5.91 Å². The largest absolute Gasteiger partial charge is 0.480 e. The van der Waals surface area contributed by atoms with E-state index >= 15 is 0 Å². The smallest absolute Gasteiger partial charge is 0.326 e. The Balaban J connectivity index is 2.03. The second-order valence-electron chi connectivity index (χ2n) is 6.34. The van der Waals surface area contributed by atoms with Gasteiger partial charge in [0, 0.05) is 17.2 Å². The number of amides is 2. The van der Waals surface area contributed by atoms with Crippen molar-refractivity contribution in [2.45, 2.75) is 39.2 Å². The first kappa shape index (κ1) is 17.0. The van der Waals surface area contributed by atoms with Crippen molar-refractivity contribution in [1.29, 1.82) is 0 Å². The van der Waals surface area contributed by atoms with Crippen LogP contribution in [0, 0.1) is 11.8 Å². The van der Waals surface area contributed by atoms with Crippen LogP contribution >= 0.6 is 0 Å². The van der Waals surface area contributed by atoms with E-state index in [1.807, 2.05) is 13.8 Å². The molecule has 0 heterocycles. The molecule has 2 amide bonds. The standard InChI is InChI=1S/C17H22N2O4/c1-10(2)8-14(17(22)23)19-16(21)12-4-3-5-13(9-12)18-15(20)11-6-7-11/h3-5,9-11,14H,6-8H2,1-2H3,(H,18,20)(H,19,21)(H,22,23)/t14-/m1/s1. The van der Waals surface area contributed by atoms with Crippen LogP contribution in [0.1, 0.15) is 43.5 Å². The molecule has 23 heavy (non-hydrogen) atoms. The van der Waals surface area contributed by atoms with Gasteiger partial charge in [0.15, 0.2) is 0 Å². The van der Waals surface area contributed by atoms with E-state index in [0.717, 1.165) is 12.8 Å². The van der Waals surface area contributed by atoms with Crippen molar-refractivity contribution in [2.24, 2.45) is 11.8 Å². The van der Waals surface area contributed by atoms with Gasteiger partial charge in [-0.1, -0.05) is 19.9 Å². The number of benzene rings is 1. The van der Waals surface area contributed by atoms with Crippen LogP contribution in [0.2, 0.25) is 0 Å². The fraction of sp³-hybridized carbons (Fsp3) is 0.471. The monoisotopic (exact) mass is 318 g/mol. The van der Waals surface area contributed by atoms with Crippen molar-refractivity contribution in [2.75, 3.05) is 5.32 Å². The summed E-state index contributed by atoms with van der Waals surface area (Å²) in [5, 5.41) is 14.5. The summed E-state index contributed by atoms with van der Waals surface area (Å²) in [5.41, 5.74) is 0.874. The lowest BCUT2D eigenvalue weighted by atomic mass is 10.0. The number of nitrogens with one attached hydrogen (secondary N) is 2. The molecule has 1 aromatic carbocycles.